The first-order valence-electron chi connectivity index (χ1n) is 8.68. The third kappa shape index (κ3) is 5.68. The number of anilines is 1. The third-order valence-electron chi connectivity index (χ3n) is 4.31. The average Bonchev–Trinajstić information content (AvgIpc) is 2.67. The molecule has 0 radical (unpaired) electrons. The first-order valence-corrected chi connectivity index (χ1v) is 8.68. The SMILES string of the molecule is O=C(Nc1ccc([C@H]2CCCNC2)cc1)c1ccc(OCC(F)(F)F)cn1. The molecule has 1 atom stereocenters. The number of hydrogen-bond acceptors (Lipinski definition) is 4. The zero-order valence-corrected chi connectivity index (χ0v) is 14.6. The second-order valence-electron chi connectivity index (χ2n) is 6.40. The lowest BCUT2D eigenvalue weighted by atomic mass is 9.92. The number of rotatable bonds is 5. The molecule has 5 nitrogen and oxygen atoms in total. The van der Waals surface area contributed by atoms with Crippen LogP contribution in [0, 0.1) is 0 Å². The minimum absolute atomic E-state index is 0.0469. The van der Waals surface area contributed by atoms with Crippen molar-refractivity contribution in [3.05, 3.63) is 53.9 Å². The van der Waals surface area contributed by atoms with Crippen LogP contribution in [-0.2, 0) is 0 Å². The summed E-state index contributed by atoms with van der Waals surface area (Å²) in [6.45, 7) is 0.610. The number of aromatic nitrogens is 1. The van der Waals surface area contributed by atoms with Crippen molar-refractivity contribution in [2.45, 2.75) is 24.9 Å². The summed E-state index contributed by atoms with van der Waals surface area (Å²) in [6.07, 6.45) is -1.03. The third-order valence-corrected chi connectivity index (χ3v) is 4.31. The number of pyridine rings is 1. The Morgan fingerprint density at radius 1 is 1.22 bits per heavy atom. The van der Waals surface area contributed by atoms with Crippen LogP contribution >= 0.6 is 0 Å². The van der Waals surface area contributed by atoms with Crippen molar-refractivity contribution >= 4 is 11.6 Å². The Balaban J connectivity index is 1.56. The molecule has 2 N–H and O–H groups in total. The molecule has 1 aromatic carbocycles. The van der Waals surface area contributed by atoms with Crippen molar-refractivity contribution in [2.75, 3.05) is 25.0 Å². The molecule has 144 valence electrons. The first-order chi connectivity index (χ1) is 12.9. The molecule has 2 aromatic rings. The zero-order chi connectivity index (χ0) is 19.3. The zero-order valence-electron chi connectivity index (χ0n) is 14.6. The van der Waals surface area contributed by atoms with Gasteiger partial charge in [-0.3, -0.25) is 4.79 Å². The van der Waals surface area contributed by atoms with Crippen molar-refractivity contribution in [2.24, 2.45) is 0 Å². The van der Waals surface area contributed by atoms with Gasteiger partial charge in [0.25, 0.3) is 5.91 Å². The summed E-state index contributed by atoms with van der Waals surface area (Å²) < 4.78 is 40.9. The fourth-order valence-electron chi connectivity index (χ4n) is 2.94. The number of ether oxygens (including phenoxy) is 1. The van der Waals surface area contributed by atoms with E-state index in [-0.39, 0.29) is 11.4 Å². The molecule has 0 bridgehead atoms. The molecule has 0 aliphatic carbocycles. The molecule has 1 amide bonds. The van der Waals surface area contributed by atoms with Crippen LogP contribution in [0.5, 0.6) is 5.75 Å². The van der Waals surface area contributed by atoms with Gasteiger partial charge in [-0.05, 0) is 55.1 Å². The maximum atomic E-state index is 12.2. The van der Waals surface area contributed by atoms with Crippen LogP contribution in [0.2, 0.25) is 0 Å². The van der Waals surface area contributed by atoms with Gasteiger partial charge in [0.2, 0.25) is 0 Å². The normalized spacial score (nSPS) is 17.4. The summed E-state index contributed by atoms with van der Waals surface area (Å²) in [5.41, 5.74) is 1.95. The van der Waals surface area contributed by atoms with Gasteiger partial charge in [0.1, 0.15) is 11.4 Å². The second-order valence-corrected chi connectivity index (χ2v) is 6.40. The average molecular weight is 379 g/mol. The van der Waals surface area contributed by atoms with Gasteiger partial charge in [-0.25, -0.2) is 4.98 Å². The Hall–Kier alpha value is -2.61. The van der Waals surface area contributed by atoms with Crippen molar-refractivity contribution in [1.29, 1.82) is 0 Å². The van der Waals surface area contributed by atoms with Gasteiger partial charge in [-0.1, -0.05) is 12.1 Å². The fourth-order valence-corrected chi connectivity index (χ4v) is 2.94. The highest BCUT2D eigenvalue weighted by molar-refractivity contribution is 6.02. The van der Waals surface area contributed by atoms with Gasteiger partial charge in [-0.15, -0.1) is 0 Å². The van der Waals surface area contributed by atoms with E-state index in [0.717, 1.165) is 32.1 Å². The first kappa shape index (κ1) is 19.2. The van der Waals surface area contributed by atoms with E-state index in [4.69, 9.17) is 0 Å². The number of hydrogen-bond donors (Lipinski definition) is 2. The molecule has 0 saturated carbocycles. The van der Waals surface area contributed by atoms with E-state index >= 15 is 0 Å². The summed E-state index contributed by atoms with van der Waals surface area (Å²) in [5.74, 6) is -0.00631. The summed E-state index contributed by atoms with van der Waals surface area (Å²) in [4.78, 5) is 16.1. The summed E-state index contributed by atoms with van der Waals surface area (Å²) in [5, 5.41) is 6.10. The number of alkyl halides is 3. The van der Waals surface area contributed by atoms with E-state index in [1.807, 2.05) is 24.3 Å². The van der Waals surface area contributed by atoms with E-state index in [2.05, 4.69) is 20.4 Å². The predicted octanol–water partition coefficient (Wildman–Crippen LogP) is 3.74. The molecule has 1 saturated heterocycles. The quantitative estimate of drug-likeness (QED) is 0.831. The molecule has 1 fully saturated rings. The Kier molecular flexibility index (Phi) is 5.95. The summed E-state index contributed by atoms with van der Waals surface area (Å²) >= 11 is 0. The molecule has 0 spiro atoms. The number of nitrogens with one attached hydrogen (secondary N) is 2. The molecule has 8 heteroatoms. The van der Waals surface area contributed by atoms with Crippen LogP contribution < -0.4 is 15.4 Å². The van der Waals surface area contributed by atoms with Gasteiger partial charge in [-0.2, -0.15) is 13.2 Å². The lowest BCUT2D eigenvalue weighted by molar-refractivity contribution is -0.153. The minimum atomic E-state index is -4.42. The van der Waals surface area contributed by atoms with E-state index in [9.17, 15) is 18.0 Å². The monoisotopic (exact) mass is 379 g/mol. The Morgan fingerprint density at radius 3 is 2.59 bits per heavy atom. The van der Waals surface area contributed by atoms with Crippen molar-refractivity contribution in [1.82, 2.24) is 10.3 Å². The molecule has 0 unspecified atom stereocenters. The molecular formula is C19H20F3N3O2. The molecule has 1 aliphatic rings. The van der Waals surface area contributed by atoms with Gasteiger partial charge >= 0.3 is 6.18 Å². The van der Waals surface area contributed by atoms with E-state index in [1.54, 1.807) is 0 Å². The minimum Gasteiger partial charge on any atom is -0.483 e. The number of piperidine rings is 1. The highest BCUT2D eigenvalue weighted by Crippen LogP contribution is 2.24. The van der Waals surface area contributed by atoms with Gasteiger partial charge < -0.3 is 15.4 Å². The largest absolute Gasteiger partial charge is 0.483 e. The van der Waals surface area contributed by atoms with E-state index < -0.39 is 18.7 Å². The van der Waals surface area contributed by atoms with Crippen LogP contribution in [0.3, 0.4) is 0 Å². The van der Waals surface area contributed by atoms with Crippen LogP contribution in [-0.4, -0.2) is 36.8 Å². The smallest absolute Gasteiger partial charge is 0.422 e. The van der Waals surface area contributed by atoms with Gasteiger partial charge in [0.05, 0.1) is 6.20 Å². The maximum Gasteiger partial charge on any atom is 0.422 e. The number of halogens is 3. The lowest BCUT2D eigenvalue weighted by Crippen LogP contribution is -2.28. The number of nitrogens with zero attached hydrogens (tertiary/aromatic N) is 1. The fraction of sp³-hybridized carbons (Fsp3) is 0.368. The van der Waals surface area contributed by atoms with Crippen molar-refractivity contribution in [3.63, 3.8) is 0 Å². The van der Waals surface area contributed by atoms with Gasteiger partial charge in [0, 0.05) is 12.2 Å². The molecular weight excluding hydrogens is 359 g/mol. The number of amides is 1. The predicted molar refractivity (Wildman–Crippen MR) is 95.0 cm³/mol. The van der Waals surface area contributed by atoms with Crippen LogP contribution in [0.4, 0.5) is 18.9 Å². The number of carbonyl (C=O) groups is 1. The Labute approximate surface area is 154 Å². The maximum absolute atomic E-state index is 12.2. The van der Waals surface area contributed by atoms with Crippen LogP contribution in [0.1, 0.15) is 34.8 Å². The van der Waals surface area contributed by atoms with Crippen molar-refractivity contribution < 1.29 is 22.7 Å². The molecule has 1 aromatic heterocycles. The molecule has 27 heavy (non-hydrogen) atoms. The summed E-state index contributed by atoms with van der Waals surface area (Å²) in [6, 6.07) is 10.3. The number of benzene rings is 1. The van der Waals surface area contributed by atoms with Crippen LogP contribution in [0.15, 0.2) is 42.6 Å². The number of carbonyl (C=O) groups excluding carboxylic acids is 1. The standard InChI is InChI=1S/C19H20F3N3O2/c20-19(21,22)12-27-16-7-8-17(24-11-16)18(26)25-15-5-3-13(4-6-15)14-2-1-9-23-10-14/h3-8,11,14,23H,1-2,9-10,12H2,(H,25,26)/t14-/m0/s1. The van der Waals surface area contributed by atoms with Crippen LogP contribution in [0.25, 0.3) is 0 Å². The topological polar surface area (TPSA) is 63.2 Å². The van der Waals surface area contributed by atoms with E-state index in [1.165, 1.54) is 17.7 Å². The highest BCUT2D eigenvalue weighted by Gasteiger charge is 2.28. The Bertz CT molecular complexity index is 755. The van der Waals surface area contributed by atoms with E-state index in [0.29, 0.717) is 11.6 Å². The van der Waals surface area contributed by atoms with Crippen molar-refractivity contribution in [3.8, 4) is 5.75 Å². The molecule has 2 heterocycles. The van der Waals surface area contributed by atoms with Gasteiger partial charge in [0.15, 0.2) is 6.61 Å². The molecule has 3 rings (SSSR count). The second kappa shape index (κ2) is 8.39. The summed E-state index contributed by atoms with van der Waals surface area (Å²) in [7, 11) is 0. The molecule has 1 aliphatic heterocycles. The lowest BCUT2D eigenvalue weighted by Gasteiger charge is -2.23. The highest BCUT2D eigenvalue weighted by atomic mass is 19.4. The Morgan fingerprint density at radius 2 is 2.00 bits per heavy atom.